The van der Waals surface area contributed by atoms with Crippen molar-refractivity contribution in [1.29, 1.82) is 0 Å². The highest BCUT2D eigenvalue weighted by Gasteiger charge is 2.32. The molecule has 10 rings (SSSR count). The zero-order valence-corrected chi connectivity index (χ0v) is 27.5. The number of Topliss-reactive ketones (excluding diaryl/α,β-unsaturated/α-hetero) is 2. The highest BCUT2D eigenvalue weighted by molar-refractivity contribution is 6.42. The van der Waals surface area contributed by atoms with Crippen LogP contribution in [-0.2, 0) is 5.41 Å². The lowest BCUT2D eigenvalue weighted by atomic mass is 9.87. The Labute approximate surface area is 283 Å². The summed E-state index contributed by atoms with van der Waals surface area (Å²) in [5.41, 5.74) is 6.99. The van der Waals surface area contributed by atoms with Crippen molar-refractivity contribution >= 4 is 82.5 Å². The average molecular weight is 630 g/mol. The van der Waals surface area contributed by atoms with Crippen molar-refractivity contribution < 1.29 is 9.59 Å². The fourth-order valence-corrected chi connectivity index (χ4v) is 8.31. The predicted octanol–water partition coefficient (Wildman–Crippen LogP) is 11.6. The molecule has 3 heteroatoms. The molecule has 0 unspecified atom stereocenters. The van der Waals surface area contributed by atoms with E-state index in [-0.39, 0.29) is 22.6 Å². The quantitative estimate of drug-likeness (QED) is 0.0826. The van der Waals surface area contributed by atoms with Gasteiger partial charge in [-0.05, 0) is 84.6 Å². The molecule has 3 nitrogen and oxygen atoms in total. The minimum atomic E-state index is -0.206. The molecular formula is C46H31NO2. The van der Waals surface area contributed by atoms with Crippen LogP contribution in [0.15, 0.2) is 133 Å². The molecule has 9 aromatic rings. The van der Waals surface area contributed by atoms with Gasteiger partial charge in [-0.15, -0.1) is 0 Å². The number of para-hydroxylation sites is 1. The fraction of sp³-hybridized carbons (Fsp3) is 0.0870. The van der Waals surface area contributed by atoms with Gasteiger partial charge in [0.25, 0.3) is 0 Å². The molecule has 0 spiro atoms. The molecule has 0 saturated heterocycles. The highest BCUT2D eigenvalue weighted by atomic mass is 16.2. The third-order valence-corrected chi connectivity index (χ3v) is 10.6. The summed E-state index contributed by atoms with van der Waals surface area (Å²) in [6.45, 7) is 6.76. The monoisotopic (exact) mass is 629 g/mol. The van der Waals surface area contributed by atoms with Crippen molar-refractivity contribution in [3.8, 4) is 5.69 Å². The molecule has 0 bridgehead atoms. The van der Waals surface area contributed by atoms with Gasteiger partial charge in [-0.2, -0.15) is 0 Å². The van der Waals surface area contributed by atoms with E-state index in [1.165, 1.54) is 48.9 Å². The van der Waals surface area contributed by atoms with E-state index in [4.69, 9.17) is 0 Å². The second kappa shape index (κ2) is 9.74. The summed E-state index contributed by atoms with van der Waals surface area (Å²) in [7, 11) is 0. The van der Waals surface area contributed by atoms with E-state index >= 15 is 0 Å². The summed E-state index contributed by atoms with van der Waals surface area (Å²) < 4.78 is 2.43. The lowest BCUT2D eigenvalue weighted by Gasteiger charge is -2.20. The second-order valence-electron chi connectivity index (χ2n) is 14.4. The van der Waals surface area contributed by atoms with E-state index < -0.39 is 0 Å². The number of hydrogen-bond acceptors (Lipinski definition) is 2. The number of hydrogen-bond donors (Lipinski definition) is 0. The Balaban J connectivity index is 1.29. The maximum Gasteiger partial charge on any atom is 0.197 e. The van der Waals surface area contributed by atoms with E-state index in [1.54, 1.807) is 18.2 Å². The summed E-state index contributed by atoms with van der Waals surface area (Å²) in [5.74, 6) is -0.411. The Morgan fingerprint density at radius 2 is 1.08 bits per heavy atom. The summed E-state index contributed by atoms with van der Waals surface area (Å²) in [4.78, 5) is 26.7. The first-order valence-electron chi connectivity index (χ1n) is 16.9. The van der Waals surface area contributed by atoms with Crippen LogP contribution in [0.25, 0.3) is 76.7 Å². The highest BCUT2D eigenvalue weighted by Crippen LogP contribution is 2.46. The van der Waals surface area contributed by atoms with Crippen LogP contribution in [0.1, 0.15) is 52.6 Å². The Morgan fingerprint density at radius 1 is 0.510 bits per heavy atom. The minimum absolute atomic E-state index is 0.0741. The van der Waals surface area contributed by atoms with E-state index in [0.717, 1.165) is 32.8 Å². The summed E-state index contributed by atoms with van der Waals surface area (Å²) >= 11 is 0. The van der Waals surface area contributed by atoms with Crippen molar-refractivity contribution in [3.05, 3.63) is 155 Å². The van der Waals surface area contributed by atoms with Crippen LogP contribution in [0.3, 0.4) is 0 Å². The Hall–Kier alpha value is -6.06. The molecule has 0 atom stereocenters. The van der Waals surface area contributed by atoms with Crippen LogP contribution >= 0.6 is 0 Å². The van der Waals surface area contributed by atoms with Crippen molar-refractivity contribution in [2.45, 2.75) is 26.2 Å². The Bertz CT molecular complexity index is 2890. The van der Waals surface area contributed by atoms with Gasteiger partial charge in [-0.25, -0.2) is 0 Å². The molecule has 0 saturated carbocycles. The largest absolute Gasteiger partial charge is 0.309 e. The molecule has 1 aromatic heterocycles. The van der Waals surface area contributed by atoms with Gasteiger partial charge >= 0.3 is 0 Å². The van der Waals surface area contributed by atoms with Crippen molar-refractivity contribution in [2.24, 2.45) is 0 Å². The number of ketones is 2. The van der Waals surface area contributed by atoms with E-state index in [1.807, 2.05) is 12.1 Å². The normalized spacial score (nSPS) is 13.7. The topological polar surface area (TPSA) is 39.1 Å². The lowest BCUT2D eigenvalue weighted by Crippen LogP contribution is -2.10. The summed E-state index contributed by atoms with van der Waals surface area (Å²) in [6, 6.07) is 44.5. The van der Waals surface area contributed by atoms with Crippen LogP contribution in [0, 0.1) is 0 Å². The molecule has 0 fully saturated rings. The standard InChI is InChI=1S/C46H31NO2/c1-46(2,3)27-19-21-28(22-20-27)47-40-17-7-6-10-30(40)38-25-37-33-23-18-26(24-39-44(48)34-11-4-5-12-35(34)45(39)49)29-13-8-14-31(41(29)33)32-15-9-16-36(42(32)37)43(38)47/h4-25H,1-3H3. The van der Waals surface area contributed by atoms with Gasteiger partial charge in [0.05, 0.1) is 16.6 Å². The molecular weight excluding hydrogens is 599 g/mol. The molecule has 232 valence electrons. The zero-order chi connectivity index (χ0) is 33.2. The maximum atomic E-state index is 13.3. The van der Waals surface area contributed by atoms with Crippen molar-refractivity contribution in [2.75, 3.05) is 0 Å². The molecule has 0 amide bonds. The second-order valence-corrected chi connectivity index (χ2v) is 14.4. The third kappa shape index (κ3) is 3.79. The van der Waals surface area contributed by atoms with Gasteiger partial charge < -0.3 is 4.57 Å². The summed E-state index contributed by atoms with van der Waals surface area (Å²) in [5, 5.41) is 11.8. The molecule has 1 aliphatic carbocycles. The fourth-order valence-electron chi connectivity index (χ4n) is 8.31. The van der Waals surface area contributed by atoms with Crippen LogP contribution in [-0.4, -0.2) is 16.1 Å². The van der Waals surface area contributed by atoms with Gasteiger partial charge in [0.2, 0.25) is 0 Å². The predicted molar refractivity (Wildman–Crippen MR) is 204 cm³/mol. The number of nitrogens with zero attached hydrogens (tertiary/aromatic N) is 1. The zero-order valence-electron chi connectivity index (χ0n) is 27.5. The summed E-state index contributed by atoms with van der Waals surface area (Å²) in [6.07, 6.45) is 1.80. The lowest BCUT2D eigenvalue weighted by molar-refractivity contribution is 0.0990. The number of allylic oxidation sites excluding steroid dienone is 1. The first-order valence-corrected chi connectivity index (χ1v) is 16.9. The molecule has 1 aliphatic rings. The third-order valence-electron chi connectivity index (χ3n) is 10.6. The van der Waals surface area contributed by atoms with E-state index in [9.17, 15) is 9.59 Å². The number of carbonyl (C=O) groups is 2. The number of fused-ring (bicyclic) bond motifs is 7. The minimum Gasteiger partial charge on any atom is -0.309 e. The van der Waals surface area contributed by atoms with Crippen molar-refractivity contribution in [1.82, 2.24) is 4.57 Å². The average Bonchev–Trinajstić information content (AvgIpc) is 3.58. The van der Waals surface area contributed by atoms with E-state index in [2.05, 4.69) is 128 Å². The SMILES string of the molecule is CC(C)(C)c1ccc(-n2c3ccccc3c3cc4c5ccc(C=C6C(=O)c7ccccc7C6=O)c6cccc(c7cccc(c74)c32)c65)cc1. The molecule has 0 aliphatic heterocycles. The van der Waals surface area contributed by atoms with Gasteiger partial charge in [-0.3, -0.25) is 9.59 Å². The molecule has 8 aromatic carbocycles. The van der Waals surface area contributed by atoms with Crippen LogP contribution in [0.4, 0.5) is 0 Å². The Morgan fingerprint density at radius 3 is 1.78 bits per heavy atom. The van der Waals surface area contributed by atoms with Crippen LogP contribution in [0.2, 0.25) is 0 Å². The van der Waals surface area contributed by atoms with Crippen LogP contribution < -0.4 is 0 Å². The number of rotatable bonds is 2. The number of benzene rings is 8. The molecule has 1 heterocycles. The van der Waals surface area contributed by atoms with Gasteiger partial charge in [0.15, 0.2) is 11.6 Å². The molecule has 0 radical (unpaired) electrons. The van der Waals surface area contributed by atoms with Gasteiger partial charge in [-0.1, -0.05) is 124 Å². The van der Waals surface area contributed by atoms with Crippen LogP contribution in [0.5, 0.6) is 0 Å². The molecule has 0 N–H and O–H groups in total. The number of aromatic nitrogens is 1. The van der Waals surface area contributed by atoms with Gasteiger partial charge in [0, 0.05) is 33.0 Å². The molecule has 49 heavy (non-hydrogen) atoms. The smallest absolute Gasteiger partial charge is 0.197 e. The van der Waals surface area contributed by atoms with Gasteiger partial charge in [0.1, 0.15) is 0 Å². The van der Waals surface area contributed by atoms with E-state index in [0.29, 0.717) is 11.1 Å². The first-order chi connectivity index (χ1) is 23.8. The Kier molecular flexibility index (Phi) is 5.57. The maximum absolute atomic E-state index is 13.3. The number of carbonyl (C=O) groups excluding carboxylic acids is 2. The first kappa shape index (κ1) is 28.0. The van der Waals surface area contributed by atoms with Crippen molar-refractivity contribution in [3.63, 3.8) is 0 Å².